The minimum atomic E-state index is 0.206. The van der Waals surface area contributed by atoms with E-state index >= 15 is 0 Å². The van der Waals surface area contributed by atoms with Crippen molar-refractivity contribution in [3.05, 3.63) is 0 Å². The largest absolute Gasteiger partial charge is 0.356 e. The first-order valence-corrected chi connectivity index (χ1v) is 6.64. The Morgan fingerprint density at radius 2 is 2.12 bits per heavy atom. The monoisotopic (exact) mass is 226 g/mol. The highest BCUT2D eigenvalue weighted by Gasteiger charge is 2.26. The normalized spacial score (nSPS) is 26.7. The van der Waals surface area contributed by atoms with Gasteiger partial charge in [0.15, 0.2) is 0 Å². The van der Waals surface area contributed by atoms with Crippen molar-refractivity contribution in [1.29, 1.82) is 0 Å². The number of amides is 1. The first-order valence-electron chi connectivity index (χ1n) is 6.64. The molecule has 0 bridgehead atoms. The van der Waals surface area contributed by atoms with E-state index < -0.39 is 0 Å². The Kier molecular flexibility index (Phi) is 5.81. The Morgan fingerprint density at radius 3 is 2.75 bits per heavy atom. The fourth-order valence-electron chi connectivity index (χ4n) is 2.47. The van der Waals surface area contributed by atoms with Gasteiger partial charge in [0.05, 0.1) is 0 Å². The van der Waals surface area contributed by atoms with Gasteiger partial charge in [0.1, 0.15) is 0 Å². The van der Waals surface area contributed by atoms with Crippen molar-refractivity contribution in [2.75, 3.05) is 13.1 Å². The number of rotatable bonds is 6. The van der Waals surface area contributed by atoms with Crippen LogP contribution in [0.5, 0.6) is 0 Å². The first kappa shape index (κ1) is 13.5. The van der Waals surface area contributed by atoms with Crippen LogP contribution in [0.3, 0.4) is 0 Å². The molecule has 1 rings (SSSR count). The molecule has 1 aliphatic rings. The van der Waals surface area contributed by atoms with Crippen LogP contribution in [-0.2, 0) is 4.79 Å². The quantitative estimate of drug-likeness (QED) is 0.727. The molecule has 1 saturated carbocycles. The summed E-state index contributed by atoms with van der Waals surface area (Å²) in [6.45, 7) is 5.85. The Hall–Kier alpha value is -0.570. The van der Waals surface area contributed by atoms with Gasteiger partial charge in [-0.3, -0.25) is 4.79 Å². The van der Waals surface area contributed by atoms with Crippen LogP contribution in [-0.4, -0.2) is 19.0 Å². The van der Waals surface area contributed by atoms with Gasteiger partial charge in [0, 0.05) is 13.0 Å². The molecule has 0 saturated heterocycles. The van der Waals surface area contributed by atoms with Gasteiger partial charge in [-0.2, -0.15) is 0 Å². The van der Waals surface area contributed by atoms with E-state index in [1.54, 1.807) is 0 Å². The zero-order valence-corrected chi connectivity index (χ0v) is 10.7. The lowest BCUT2D eigenvalue weighted by Crippen LogP contribution is -2.33. The van der Waals surface area contributed by atoms with Gasteiger partial charge in [-0.15, -0.1) is 0 Å². The molecule has 1 aliphatic carbocycles. The molecule has 1 fully saturated rings. The van der Waals surface area contributed by atoms with E-state index in [-0.39, 0.29) is 5.91 Å². The maximum Gasteiger partial charge on any atom is 0.220 e. The second-order valence-electron chi connectivity index (χ2n) is 5.21. The van der Waals surface area contributed by atoms with Crippen molar-refractivity contribution >= 4 is 5.91 Å². The number of nitrogens with two attached hydrogens (primary N) is 1. The van der Waals surface area contributed by atoms with Gasteiger partial charge in [-0.05, 0) is 37.1 Å². The molecule has 3 heteroatoms. The standard InChI is InChI=1S/C13H26N2O/c1-3-10(2)7-13(16)15-9-12-6-4-5-11(12)8-14/h10-12H,3-9,14H2,1-2H3,(H,15,16). The van der Waals surface area contributed by atoms with Crippen molar-refractivity contribution in [3.8, 4) is 0 Å². The van der Waals surface area contributed by atoms with Crippen molar-refractivity contribution in [3.63, 3.8) is 0 Å². The number of hydrogen-bond acceptors (Lipinski definition) is 2. The molecule has 3 N–H and O–H groups in total. The molecular formula is C13H26N2O. The highest BCUT2D eigenvalue weighted by Crippen LogP contribution is 2.30. The molecule has 3 unspecified atom stereocenters. The van der Waals surface area contributed by atoms with Gasteiger partial charge < -0.3 is 11.1 Å². The number of hydrogen-bond donors (Lipinski definition) is 2. The Labute approximate surface area is 99.2 Å². The number of nitrogens with one attached hydrogen (secondary N) is 1. The van der Waals surface area contributed by atoms with Crippen LogP contribution >= 0.6 is 0 Å². The SMILES string of the molecule is CCC(C)CC(=O)NCC1CCCC1CN. The van der Waals surface area contributed by atoms with Gasteiger partial charge in [0.2, 0.25) is 5.91 Å². The van der Waals surface area contributed by atoms with Gasteiger partial charge in [-0.1, -0.05) is 26.7 Å². The number of carbonyl (C=O) groups excluding carboxylic acids is 1. The second kappa shape index (κ2) is 6.89. The van der Waals surface area contributed by atoms with Gasteiger partial charge in [-0.25, -0.2) is 0 Å². The lowest BCUT2D eigenvalue weighted by molar-refractivity contribution is -0.122. The van der Waals surface area contributed by atoms with Crippen molar-refractivity contribution in [1.82, 2.24) is 5.32 Å². The fraction of sp³-hybridized carbons (Fsp3) is 0.923. The lowest BCUT2D eigenvalue weighted by atomic mass is 9.96. The summed E-state index contributed by atoms with van der Waals surface area (Å²) in [7, 11) is 0. The third-order valence-electron chi connectivity index (χ3n) is 3.91. The first-order chi connectivity index (χ1) is 7.67. The molecule has 0 aliphatic heterocycles. The number of carbonyl (C=O) groups is 1. The average Bonchev–Trinajstić information content (AvgIpc) is 2.73. The van der Waals surface area contributed by atoms with Crippen LogP contribution in [0, 0.1) is 17.8 Å². The Balaban J connectivity index is 2.20. The highest BCUT2D eigenvalue weighted by atomic mass is 16.1. The topological polar surface area (TPSA) is 55.1 Å². The van der Waals surface area contributed by atoms with E-state index in [2.05, 4.69) is 19.2 Å². The molecule has 0 aromatic rings. The molecular weight excluding hydrogens is 200 g/mol. The van der Waals surface area contributed by atoms with Crippen LogP contribution in [0.1, 0.15) is 46.0 Å². The van der Waals surface area contributed by atoms with Crippen LogP contribution in [0.2, 0.25) is 0 Å². The van der Waals surface area contributed by atoms with Gasteiger partial charge in [0.25, 0.3) is 0 Å². The molecule has 0 spiro atoms. The van der Waals surface area contributed by atoms with Crippen LogP contribution < -0.4 is 11.1 Å². The summed E-state index contributed by atoms with van der Waals surface area (Å²) < 4.78 is 0. The fourth-order valence-corrected chi connectivity index (χ4v) is 2.47. The van der Waals surface area contributed by atoms with Crippen LogP contribution in [0.15, 0.2) is 0 Å². The zero-order valence-electron chi connectivity index (χ0n) is 10.7. The molecule has 0 aromatic heterocycles. The Bertz CT molecular complexity index is 218. The summed E-state index contributed by atoms with van der Waals surface area (Å²) >= 11 is 0. The molecule has 3 atom stereocenters. The molecule has 16 heavy (non-hydrogen) atoms. The van der Waals surface area contributed by atoms with Crippen molar-refractivity contribution in [2.45, 2.75) is 46.0 Å². The predicted molar refractivity (Wildman–Crippen MR) is 67.0 cm³/mol. The second-order valence-corrected chi connectivity index (χ2v) is 5.21. The van der Waals surface area contributed by atoms with Crippen LogP contribution in [0.25, 0.3) is 0 Å². The molecule has 0 heterocycles. The van der Waals surface area contributed by atoms with E-state index in [0.29, 0.717) is 24.2 Å². The third-order valence-corrected chi connectivity index (χ3v) is 3.91. The predicted octanol–water partition coefficient (Wildman–Crippen LogP) is 1.91. The van der Waals surface area contributed by atoms with Crippen molar-refractivity contribution < 1.29 is 4.79 Å². The molecule has 94 valence electrons. The van der Waals surface area contributed by atoms with E-state index in [1.165, 1.54) is 19.3 Å². The lowest BCUT2D eigenvalue weighted by Gasteiger charge is -2.18. The minimum Gasteiger partial charge on any atom is -0.356 e. The van der Waals surface area contributed by atoms with Gasteiger partial charge >= 0.3 is 0 Å². The van der Waals surface area contributed by atoms with Crippen molar-refractivity contribution in [2.24, 2.45) is 23.5 Å². The van der Waals surface area contributed by atoms with E-state index in [0.717, 1.165) is 19.5 Å². The summed E-state index contributed by atoms with van der Waals surface area (Å²) in [5.74, 6) is 1.95. The summed E-state index contributed by atoms with van der Waals surface area (Å²) in [6.07, 6.45) is 5.47. The van der Waals surface area contributed by atoms with E-state index in [4.69, 9.17) is 5.73 Å². The van der Waals surface area contributed by atoms with Crippen LogP contribution in [0.4, 0.5) is 0 Å². The van der Waals surface area contributed by atoms with E-state index in [9.17, 15) is 4.79 Å². The minimum absolute atomic E-state index is 0.206. The van der Waals surface area contributed by atoms with E-state index in [1.807, 2.05) is 0 Å². The summed E-state index contributed by atoms with van der Waals surface area (Å²) in [5.41, 5.74) is 5.72. The average molecular weight is 226 g/mol. The summed E-state index contributed by atoms with van der Waals surface area (Å²) in [5, 5.41) is 3.06. The molecule has 1 amide bonds. The molecule has 3 nitrogen and oxygen atoms in total. The maximum absolute atomic E-state index is 11.6. The highest BCUT2D eigenvalue weighted by molar-refractivity contribution is 5.76. The summed E-state index contributed by atoms with van der Waals surface area (Å²) in [4.78, 5) is 11.6. The Morgan fingerprint density at radius 1 is 1.44 bits per heavy atom. The molecule has 0 aromatic carbocycles. The third kappa shape index (κ3) is 4.12. The smallest absolute Gasteiger partial charge is 0.220 e. The summed E-state index contributed by atoms with van der Waals surface area (Å²) in [6, 6.07) is 0. The zero-order chi connectivity index (χ0) is 12.0. The maximum atomic E-state index is 11.6. The molecule has 0 radical (unpaired) electrons.